The van der Waals surface area contributed by atoms with E-state index in [-0.39, 0.29) is 17.3 Å². The van der Waals surface area contributed by atoms with Crippen LogP contribution in [0.4, 0.5) is 5.69 Å². The van der Waals surface area contributed by atoms with Crippen molar-refractivity contribution in [1.29, 1.82) is 0 Å². The van der Waals surface area contributed by atoms with Crippen molar-refractivity contribution in [3.8, 4) is 0 Å². The molecule has 208 valence electrons. The Labute approximate surface area is 240 Å². The number of amides is 2. The number of hydrogen-bond acceptors (Lipinski definition) is 4. The normalized spacial score (nSPS) is 12.5. The summed E-state index contributed by atoms with van der Waals surface area (Å²) in [6.45, 7) is 10.8. The van der Waals surface area contributed by atoms with Crippen LogP contribution in [0.1, 0.15) is 44.4 Å². The van der Waals surface area contributed by atoms with E-state index < -0.39 is 34.1 Å². The van der Waals surface area contributed by atoms with E-state index in [0.717, 1.165) is 25.5 Å². The summed E-state index contributed by atoms with van der Waals surface area (Å²) in [5, 5.41) is 2.94. The largest absolute Gasteiger partial charge is 0.350 e. The molecule has 3 aromatic rings. The number of sulfonamides is 1. The van der Waals surface area contributed by atoms with Crippen LogP contribution in [0.25, 0.3) is 0 Å². The van der Waals surface area contributed by atoms with Gasteiger partial charge in [0.2, 0.25) is 11.8 Å². The highest BCUT2D eigenvalue weighted by molar-refractivity contribution is 9.10. The standard InChI is InChI=1S/C30H36BrN3O4S/c1-21-11-17-27(18-12-21)39(37,38)34(26-15-13-25(31)14-16-26)20-28(35)33(19-24-10-8-7-9-22(24)2)23(3)29(36)32-30(4,5)6/h7-18,23H,19-20H2,1-6H3,(H,32,36)/t23-/m1/s1. The first-order valence-electron chi connectivity index (χ1n) is 12.7. The van der Waals surface area contributed by atoms with E-state index in [1.165, 1.54) is 17.0 Å². The minimum atomic E-state index is -4.10. The van der Waals surface area contributed by atoms with Crippen molar-refractivity contribution in [2.45, 2.75) is 64.6 Å². The molecule has 9 heteroatoms. The Bertz CT molecular complexity index is 1420. The van der Waals surface area contributed by atoms with Gasteiger partial charge in [-0.25, -0.2) is 8.42 Å². The summed E-state index contributed by atoms with van der Waals surface area (Å²) < 4.78 is 29.6. The highest BCUT2D eigenvalue weighted by Crippen LogP contribution is 2.26. The second-order valence-electron chi connectivity index (χ2n) is 10.7. The number of aryl methyl sites for hydroxylation is 2. The monoisotopic (exact) mass is 613 g/mol. The molecule has 0 radical (unpaired) electrons. The van der Waals surface area contributed by atoms with Crippen LogP contribution in [0.2, 0.25) is 0 Å². The van der Waals surface area contributed by atoms with Crippen LogP contribution in [0.5, 0.6) is 0 Å². The summed E-state index contributed by atoms with van der Waals surface area (Å²) >= 11 is 3.39. The Balaban J connectivity index is 2.04. The predicted molar refractivity (Wildman–Crippen MR) is 159 cm³/mol. The lowest BCUT2D eigenvalue weighted by Crippen LogP contribution is -2.54. The highest BCUT2D eigenvalue weighted by atomic mass is 79.9. The summed E-state index contributed by atoms with van der Waals surface area (Å²) in [6, 6.07) is 20.0. The Kier molecular flexibility index (Phi) is 9.61. The van der Waals surface area contributed by atoms with Crippen molar-refractivity contribution in [3.05, 3.63) is 94.0 Å². The molecule has 7 nitrogen and oxygen atoms in total. The fraction of sp³-hybridized carbons (Fsp3) is 0.333. The van der Waals surface area contributed by atoms with Gasteiger partial charge in [0, 0.05) is 16.6 Å². The van der Waals surface area contributed by atoms with Crippen LogP contribution < -0.4 is 9.62 Å². The zero-order chi connectivity index (χ0) is 29.0. The van der Waals surface area contributed by atoms with E-state index >= 15 is 0 Å². The number of rotatable bonds is 9. The van der Waals surface area contributed by atoms with Crippen molar-refractivity contribution in [2.75, 3.05) is 10.8 Å². The lowest BCUT2D eigenvalue weighted by molar-refractivity contribution is -0.140. The SMILES string of the molecule is Cc1ccc(S(=O)(=O)N(CC(=O)N(Cc2ccccc2C)[C@H](C)C(=O)NC(C)(C)C)c2ccc(Br)cc2)cc1. The van der Waals surface area contributed by atoms with Gasteiger partial charge in [0.15, 0.2) is 0 Å². The first-order chi connectivity index (χ1) is 18.2. The third kappa shape index (κ3) is 7.92. The van der Waals surface area contributed by atoms with Crippen molar-refractivity contribution in [2.24, 2.45) is 0 Å². The second kappa shape index (κ2) is 12.3. The molecule has 0 aromatic heterocycles. The first kappa shape index (κ1) is 30.4. The Morgan fingerprint density at radius 3 is 2.08 bits per heavy atom. The minimum Gasteiger partial charge on any atom is -0.350 e. The first-order valence-corrected chi connectivity index (χ1v) is 14.9. The third-order valence-corrected chi connectivity index (χ3v) is 8.59. The number of halogens is 1. The van der Waals surface area contributed by atoms with Crippen LogP contribution >= 0.6 is 15.9 Å². The van der Waals surface area contributed by atoms with Crippen molar-refractivity contribution in [1.82, 2.24) is 10.2 Å². The maximum absolute atomic E-state index is 14.0. The smallest absolute Gasteiger partial charge is 0.264 e. The molecule has 0 saturated heterocycles. The van der Waals surface area contributed by atoms with E-state index in [1.54, 1.807) is 43.3 Å². The van der Waals surface area contributed by atoms with Crippen molar-refractivity contribution in [3.63, 3.8) is 0 Å². The third-order valence-electron chi connectivity index (χ3n) is 6.27. The highest BCUT2D eigenvalue weighted by Gasteiger charge is 2.33. The van der Waals surface area contributed by atoms with Gasteiger partial charge in [0.05, 0.1) is 10.6 Å². The van der Waals surface area contributed by atoms with Crippen LogP contribution in [0.3, 0.4) is 0 Å². The summed E-state index contributed by atoms with van der Waals surface area (Å²) in [6.07, 6.45) is 0. The molecule has 1 atom stereocenters. The quantitative estimate of drug-likeness (QED) is 0.341. The Morgan fingerprint density at radius 2 is 1.51 bits per heavy atom. The number of anilines is 1. The van der Waals surface area contributed by atoms with E-state index in [9.17, 15) is 18.0 Å². The number of nitrogens with one attached hydrogen (secondary N) is 1. The molecule has 2 amide bonds. The zero-order valence-corrected chi connectivity index (χ0v) is 25.6. The van der Waals surface area contributed by atoms with Crippen molar-refractivity contribution >= 4 is 43.5 Å². The van der Waals surface area contributed by atoms with E-state index in [0.29, 0.717) is 5.69 Å². The van der Waals surface area contributed by atoms with E-state index in [2.05, 4.69) is 21.2 Å². The van der Waals surface area contributed by atoms with E-state index in [4.69, 9.17) is 0 Å². The summed E-state index contributed by atoms with van der Waals surface area (Å²) in [5.74, 6) is -0.811. The molecular formula is C30H36BrN3O4S. The Hall–Kier alpha value is -3.17. The van der Waals surface area contributed by atoms with Gasteiger partial charge in [0.1, 0.15) is 12.6 Å². The molecule has 0 heterocycles. The van der Waals surface area contributed by atoms with Gasteiger partial charge in [-0.15, -0.1) is 0 Å². The molecule has 3 rings (SSSR count). The summed E-state index contributed by atoms with van der Waals surface area (Å²) in [4.78, 5) is 28.7. The average Bonchev–Trinajstić information content (AvgIpc) is 2.86. The van der Waals surface area contributed by atoms with Crippen LogP contribution in [0.15, 0.2) is 82.2 Å². The number of nitrogens with zero attached hydrogens (tertiary/aromatic N) is 2. The molecule has 0 saturated carbocycles. The molecule has 1 N–H and O–H groups in total. The lowest BCUT2D eigenvalue weighted by atomic mass is 10.1. The molecule has 0 bridgehead atoms. The lowest BCUT2D eigenvalue weighted by Gasteiger charge is -2.33. The van der Waals surface area contributed by atoms with Gasteiger partial charge < -0.3 is 10.2 Å². The van der Waals surface area contributed by atoms with Crippen LogP contribution in [-0.4, -0.2) is 43.3 Å². The van der Waals surface area contributed by atoms with Crippen LogP contribution in [0, 0.1) is 13.8 Å². The number of hydrogen-bond donors (Lipinski definition) is 1. The van der Waals surface area contributed by atoms with Crippen molar-refractivity contribution < 1.29 is 18.0 Å². The van der Waals surface area contributed by atoms with Gasteiger partial charge in [-0.05, 0) is 89.1 Å². The summed E-state index contributed by atoms with van der Waals surface area (Å²) in [7, 11) is -4.10. The molecule has 0 unspecified atom stereocenters. The number of carbonyl (C=O) groups excluding carboxylic acids is 2. The minimum absolute atomic E-state index is 0.0767. The van der Waals surface area contributed by atoms with Gasteiger partial charge in [0.25, 0.3) is 10.0 Å². The maximum atomic E-state index is 14.0. The second-order valence-corrected chi connectivity index (χ2v) is 13.4. The van der Waals surface area contributed by atoms with Gasteiger partial charge in [-0.1, -0.05) is 57.9 Å². The molecule has 3 aromatic carbocycles. The topological polar surface area (TPSA) is 86.8 Å². The Morgan fingerprint density at radius 1 is 0.923 bits per heavy atom. The predicted octanol–water partition coefficient (Wildman–Crippen LogP) is 5.59. The molecule has 39 heavy (non-hydrogen) atoms. The van der Waals surface area contributed by atoms with Gasteiger partial charge in [-0.2, -0.15) is 0 Å². The average molecular weight is 615 g/mol. The zero-order valence-electron chi connectivity index (χ0n) is 23.2. The van der Waals surface area contributed by atoms with Crippen LogP contribution in [-0.2, 0) is 26.2 Å². The van der Waals surface area contributed by atoms with Gasteiger partial charge >= 0.3 is 0 Å². The number of benzene rings is 3. The molecule has 0 aliphatic rings. The fourth-order valence-corrected chi connectivity index (χ4v) is 5.68. The van der Waals surface area contributed by atoms with Gasteiger partial charge in [-0.3, -0.25) is 13.9 Å². The molecule has 0 aliphatic carbocycles. The fourth-order valence-electron chi connectivity index (χ4n) is 4.00. The molecule has 0 aliphatic heterocycles. The molecule has 0 spiro atoms. The number of carbonyl (C=O) groups is 2. The molecular weight excluding hydrogens is 578 g/mol. The summed E-state index contributed by atoms with van der Waals surface area (Å²) in [5.41, 5.74) is 2.60. The molecule has 0 fully saturated rings. The van der Waals surface area contributed by atoms with E-state index in [1.807, 2.05) is 58.9 Å². The maximum Gasteiger partial charge on any atom is 0.264 e.